The molecule has 2 aromatic heterocycles. The molecular weight excluding hydrogens is 648 g/mol. The van der Waals surface area contributed by atoms with Crippen LogP contribution in [0.5, 0.6) is 0 Å². The molecule has 239 valence electrons. The fourth-order valence-corrected chi connectivity index (χ4v) is 4.82. The van der Waals surface area contributed by atoms with Crippen molar-refractivity contribution < 1.29 is 26.7 Å². The van der Waals surface area contributed by atoms with E-state index >= 15 is 0 Å². The number of aromatic nitrogens is 4. The molecule has 0 saturated carbocycles. The van der Waals surface area contributed by atoms with E-state index in [1.165, 1.54) is 14.1 Å². The van der Waals surface area contributed by atoms with Crippen LogP contribution in [-0.4, -0.2) is 31.1 Å². The van der Waals surface area contributed by atoms with Crippen LogP contribution in [0.25, 0.3) is 22.5 Å². The maximum atomic E-state index is 12.8. The van der Waals surface area contributed by atoms with Crippen LogP contribution in [0.4, 0.5) is 0 Å². The Bertz CT molecular complexity index is 2110. The quantitative estimate of drug-likeness (QED) is 0.156. The number of hydrogen-bond acceptors (Lipinski definition) is 6. The first kappa shape index (κ1) is 34.0. The minimum absolute atomic E-state index is 0. The van der Waals surface area contributed by atoms with Gasteiger partial charge in [0, 0.05) is 53.4 Å². The van der Waals surface area contributed by atoms with E-state index in [9.17, 15) is 28.8 Å². The van der Waals surface area contributed by atoms with Crippen LogP contribution in [0.15, 0.2) is 141 Å². The summed E-state index contributed by atoms with van der Waals surface area (Å²) >= 11 is 0. The molecule has 4 aromatic carbocycles. The van der Waals surface area contributed by atoms with E-state index in [1.54, 1.807) is 109 Å². The number of nitrogens with one attached hydrogen (secondary N) is 2. The predicted molar refractivity (Wildman–Crippen MR) is 175 cm³/mol. The second kappa shape index (κ2) is 14.9. The third-order valence-corrected chi connectivity index (χ3v) is 7.16. The summed E-state index contributed by atoms with van der Waals surface area (Å²) in [4.78, 5) is 74.3. The molecule has 0 amide bonds. The summed E-state index contributed by atoms with van der Waals surface area (Å²) in [5.41, 5.74) is -0.661. The summed E-state index contributed by atoms with van der Waals surface area (Å²) in [5.74, 6) is -0.938. The maximum absolute atomic E-state index is 12.8. The second-order valence-electron chi connectivity index (χ2n) is 10.2. The minimum atomic E-state index is -0.807. The fourth-order valence-electron chi connectivity index (χ4n) is 4.82. The molecule has 0 spiro atoms. The van der Waals surface area contributed by atoms with Crippen LogP contribution in [0.2, 0.25) is 0 Å². The molecule has 2 N–H and O–H groups in total. The molecule has 10 nitrogen and oxygen atoms in total. The Morgan fingerprint density at radius 3 is 1.04 bits per heavy atom. The third kappa shape index (κ3) is 7.17. The Kier molecular flexibility index (Phi) is 10.8. The number of aromatic amines is 2. The molecule has 2 heterocycles. The van der Waals surface area contributed by atoms with Gasteiger partial charge in [0.25, 0.3) is 10.9 Å². The van der Waals surface area contributed by atoms with Crippen molar-refractivity contribution in [3.05, 3.63) is 185 Å². The van der Waals surface area contributed by atoms with E-state index in [-0.39, 0.29) is 28.2 Å². The van der Waals surface area contributed by atoms with E-state index in [0.29, 0.717) is 33.6 Å². The first-order valence-corrected chi connectivity index (χ1v) is 14.2. The normalized spacial score (nSPS) is 10.3. The minimum Gasteiger partial charge on any atom is -0.294 e. The molecule has 11 heteroatoms. The molecule has 0 atom stereocenters. The standard InChI is InChI=1S/2C18H14N2O3.Cu/c2*1-20-18(23)17(22)14(16(21)13-10-6-3-7-11-13)15(19-20)12-8-4-2-5-9-12;/h2*2-11,19H,1H3;. The van der Waals surface area contributed by atoms with Gasteiger partial charge in [-0.05, 0) is 0 Å². The van der Waals surface area contributed by atoms with Gasteiger partial charge < -0.3 is 0 Å². The van der Waals surface area contributed by atoms with Crippen molar-refractivity contribution in [2.24, 2.45) is 14.1 Å². The number of hydrogen-bond donors (Lipinski definition) is 2. The van der Waals surface area contributed by atoms with Crippen LogP contribution in [0.3, 0.4) is 0 Å². The molecule has 0 bridgehead atoms. The van der Waals surface area contributed by atoms with Gasteiger partial charge in [0.05, 0.1) is 11.4 Å². The predicted octanol–water partition coefficient (Wildman–Crippen LogP) is 3.94. The zero-order chi connectivity index (χ0) is 32.8. The SMILES string of the molecule is Cn1[nH]c(-c2ccccc2)c(C(=O)c2ccccc2)c(=O)c1=O.Cn1[nH]c(-c2ccccc2)c(C(=O)c2ccccc2)c(=O)c1=O.[Cu]. The average molecular weight is 676 g/mol. The number of ketones is 2. The number of nitrogens with zero attached hydrogens (tertiary/aromatic N) is 2. The van der Waals surface area contributed by atoms with Crippen LogP contribution in [0.1, 0.15) is 31.8 Å². The molecule has 47 heavy (non-hydrogen) atoms. The molecule has 6 aromatic rings. The van der Waals surface area contributed by atoms with Crippen LogP contribution in [0, 0.1) is 0 Å². The van der Waals surface area contributed by atoms with Crippen molar-refractivity contribution >= 4 is 11.6 Å². The average Bonchev–Trinajstić information content (AvgIpc) is 3.10. The Hall–Kier alpha value is -5.90. The Balaban J connectivity index is 0.000000208. The molecule has 0 unspecified atom stereocenters. The van der Waals surface area contributed by atoms with E-state index in [4.69, 9.17) is 0 Å². The maximum Gasteiger partial charge on any atom is 0.313 e. The van der Waals surface area contributed by atoms with Crippen molar-refractivity contribution in [3.63, 3.8) is 0 Å². The topological polar surface area (TPSA) is 144 Å². The van der Waals surface area contributed by atoms with Gasteiger partial charge in [-0.25, -0.2) is 0 Å². The van der Waals surface area contributed by atoms with Crippen molar-refractivity contribution in [3.8, 4) is 22.5 Å². The number of H-pyrrole nitrogens is 2. The summed E-state index contributed by atoms with van der Waals surface area (Å²) in [5, 5.41) is 5.67. The van der Waals surface area contributed by atoms with Gasteiger partial charge in [0.1, 0.15) is 11.1 Å². The van der Waals surface area contributed by atoms with E-state index < -0.39 is 33.5 Å². The zero-order valence-corrected chi connectivity index (χ0v) is 26.1. The summed E-state index contributed by atoms with van der Waals surface area (Å²) in [7, 11) is 2.90. The summed E-state index contributed by atoms with van der Waals surface area (Å²) in [6.07, 6.45) is 0. The Morgan fingerprint density at radius 1 is 0.468 bits per heavy atom. The van der Waals surface area contributed by atoms with Crippen LogP contribution in [-0.2, 0) is 31.2 Å². The Morgan fingerprint density at radius 2 is 0.745 bits per heavy atom. The molecule has 0 aliphatic rings. The van der Waals surface area contributed by atoms with Gasteiger partial charge in [0.2, 0.25) is 0 Å². The van der Waals surface area contributed by atoms with Gasteiger partial charge in [-0.15, -0.1) is 0 Å². The van der Waals surface area contributed by atoms with E-state index in [1.807, 2.05) is 12.1 Å². The largest absolute Gasteiger partial charge is 0.313 e. The number of benzene rings is 4. The first-order chi connectivity index (χ1) is 22.2. The molecule has 0 fully saturated rings. The van der Waals surface area contributed by atoms with Gasteiger partial charge >= 0.3 is 11.1 Å². The van der Waals surface area contributed by atoms with Crippen LogP contribution >= 0.6 is 0 Å². The zero-order valence-electron chi connectivity index (χ0n) is 25.2. The molecular formula is C36H28CuN4O6. The number of carbonyl (C=O) groups excluding carboxylic acids is 2. The van der Waals surface area contributed by atoms with Crippen molar-refractivity contribution in [2.45, 2.75) is 0 Å². The smallest absolute Gasteiger partial charge is 0.294 e. The molecule has 0 aliphatic carbocycles. The van der Waals surface area contributed by atoms with E-state index in [0.717, 1.165) is 9.36 Å². The van der Waals surface area contributed by atoms with Crippen molar-refractivity contribution in [1.29, 1.82) is 0 Å². The first-order valence-electron chi connectivity index (χ1n) is 14.2. The summed E-state index contributed by atoms with van der Waals surface area (Å²) in [6.45, 7) is 0. The molecule has 0 aliphatic heterocycles. The van der Waals surface area contributed by atoms with Gasteiger partial charge in [-0.2, -0.15) is 0 Å². The molecule has 0 saturated heterocycles. The summed E-state index contributed by atoms with van der Waals surface area (Å²) in [6, 6.07) is 34.9. The molecule has 1 radical (unpaired) electrons. The van der Waals surface area contributed by atoms with Gasteiger partial charge in [0.15, 0.2) is 11.6 Å². The number of rotatable bonds is 6. The monoisotopic (exact) mass is 675 g/mol. The number of carbonyl (C=O) groups is 2. The van der Waals surface area contributed by atoms with Crippen LogP contribution < -0.4 is 22.0 Å². The van der Waals surface area contributed by atoms with Crippen molar-refractivity contribution in [2.75, 3.05) is 0 Å². The third-order valence-electron chi connectivity index (χ3n) is 7.16. The Labute approximate surface area is 278 Å². The van der Waals surface area contributed by atoms with Crippen molar-refractivity contribution in [1.82, 2.24) is 19.6 Å². The fraction of sp³-hybridized carbons (Fsp3) is 0.0556. The van der Waals surface area contributed by atoms with Gasteiger partial charge in [-0.3, -0.25) is 48.3 Å². The van der Waals surface area contributed by atoms with Gasteiger partial charge in [-0.1, -0.05) is 121 Å². The summed E-state index contributed by atoms with van der Waals surface area (Å²) < 4.78 is 2.18. The number of aryl methyl sites for hydroxylation is 2. The van der Waals surface area contributed by atoms with E-state index in [2.05, 4.69) is 10.2 Å². The second-order valence-corrected chi connectivity index (χ2v) is 10.2. The molecule has 6 rings (SSSR count).